The van der Waals surface area contributed by atoms with E-state index in [2.05, 4.69) is 36.8 Å². The Morgan fingerprint density at radius 1 is 1.10 bits per heavy atom. The number of benzene rings is 2. The quantitative estimate of drug-likeness (QED) is 0.555. The van der Waals surface area contributed by atoms with Crippen LogP contribution in [0.4, 0.5) is 21.9 Å². The summed E-state index contributed by atoms with van der Waals surface area (Å²) >= 11 is 3.41. The Labute approximate surface area is 191 Å². The third-order valence-electron chi connectivity index (χ3n) is 4.92. The van der Waals surface area contributed by atoms with E-state index in [9.17, 15) is 9.59 Å². The Hall–Kier alpha value is -2.62. The molecule has 2 aromatic rings. The Kier molecular flexibility index (Phi) is 8.27. The Bertz CT molecular complexity index is 916. The molecule has 3 rings (SSSR count). The molecule has 0 atom stereocenters. The summed E-state index contributed by atoms with van der Waals surface area (Å²) in [4.78, 5) is 29.4. The minimum atomic E-state index is -0.386. The van der Waals surface area contributed by atoms with Crippen LogP contribution in [-0.2, 0) is 4.74 Å². The molecule has 166 valence electrons. The van der Waals surface area contributed by atoms with Gasteiger partial charge in [-0.2, -0.15) is 0 Å². The highest BCUT2D eigenvalue weighted by Gasteiger charge is 2.16. The molecule has 3 N–H and O–H groups in total. The number of carbonyl (C=O) groups is 2. The van der Waals surface area contributed by atoms with E-state index in [4.69, 9.17) is 4.74 Å². The molecule has 1 aliphatic rings. The highest BCUT2D eigenvalue weighted by molar-refractivity contribution is 9.10. The van der Waals surface area contributed by atoms with Gasteiger partial charge in [0.2, 0.25) is 0 Å². The van der Waals surface area contributed by atoms with Crippen molar-refractivity contribution < 1.29 is 14.3 Å². The van der Waals surface area contributed by atoms with Gasteiger partial charge in [0, 0.05) is 56.1 Å². The molecule has 0 unspecified atom stereocenters. The average molecular weight is 490 g/mol. The number of ether oxygens (including phenoxy) is 1. The molecule has 0 aromatic heterocycles. The highest BCUT2D eigenvalue weighted by atomic mass is 79.9. The summed E-state index contributed by atoms with van der Waals surface area (Å²) in [6.07, 6.45) is 0. The van der Waals surface area contributed by atoms with Crippen LogP contribution in [0, 0.1) is 0 Å². The summed E-state index contributed by atoms with van der Waals surface area (Å²) in [5, 5.41) is 8.57. The van der Waals surface area contributed by atoms with E-state index in [-0.39, 0.29) is 11.9 Å². The number of nitrogens with zero attached hydrogens (tertiary/aromatic N) is 2. The standard InChI is InChI=1S/C22H28BrN5O3/c1-27(2)20-8-7-16(25-22(30)26-19-6-4-3-5-18(19)23)15-17(20)21(29)24-9-10-28-11-13-31-14-12-28/h3-8,15H,9-14H2,1-2H3,(H,24,29)(H2,25,26,30). The Morgan fingerprint density at radius 3 is 2.55 bits per heavy atom. The fourth-order valence-corrected chi connectivity index (χ4v) is 3.66. The molecule has 3 amide bonds. The smallest absolute Gasteiger partial charge is 0.323 e. The fraction of sp³-hybridized carbons (Fsp3) is 0.364. The third kappa shape index (κ3) is 6.68. The molecule has 1 fully saturated rings. The number of urea groups is 1. The van der Waals surface area contributed by atoms with E-state index in [1.54, 1.807) is 18.2 Å². The summed E-state index contributed by atoms with van der Waals surface area (Å²) in [5.74, 6) is -0.174. The molecule has 8 nitrogen and oxygen atoms in total. The Morgan fingerprint density at radius 2 is 1.84 bits per heavy atom. The van der Waals surface area contributed by atoms with Crippen molar-refractivity contribution in [3.8, 4) is 0 Å². The van der Waals surface area contributed by atoms with Crippen molar-refractivity contribution in [1.82, 2.24) is 10.2 Å². The zero-order valence-corrected chi connectivity index (χ0v) is 19.4. The van der Waals surface area contributed by atoms with Crippen LogP contribution < -0.4 is 20.9 Å². The van der Waals surface area contributed by atoms with Gasteiger partial charge in [-0.15, -0.1) is 0 Å². The first-order valence-electron chi connectivity index (χ1n) is 10.2. The van der Waals surface area contributed by atoms with Gasteiger partial charge in [0.1, 0.15) is 0 Å². The lowest BCUT2D eigenvalue weighted by atomic mass is 10.1. The molecular formula is C22H28BrN5O3. The van der Waals surface area contributed by atoms with Gasteiger partial charge in [0.25, 0.3) is 5.91 Å². The monoisotopic (exact) mass is 489 g/mol. The van der Waals surface area contributed by atoms with E-state index in [0.717, 1.165) is 43.0 Å². The van der Waals surface area contributed by atoms with Crippen LogP contribution in [-0.4, -0.2) is 70.3 Å². The predicted molar refractivity (Wildman–Crippen MR) is 127 cm³/mol. The van der Waals surface area contributed by atoms with Gasteiger partial charge in [0.15, 0.2) is 0 Å². The minimum Gasteiger partial charge on any atom is -0.379 e. The van der Waals surface area contributed by atoms with Crippen molar-refractivity contribution in [2.24, 2.45) is 0 Å². The number of para-hydroxylation sites is 1. The largest absolute Gasteiger partial charge is 0.379 e. The van der Waals surface area contributed by atoms with Crippen molar-refractivity contribution in [2.45, 2.75) is 0 Å². The second-order valence-corrected chi connectivity index (χ2v) is 8.25. The van der Waals surface area contributed by atoms with Gasteiger partial charge >= 0.3 is 6.03 Å². The van der Waals surface area contributed by atoms with Crippen LogP contribution in [0.25, 0.3) is 0 Å². The molecule has 0 spiro atoms. The van der Waals surface area contributed by atoms with Gasteiger partial charge in [0.05, 0.1) is 24.5 Å². The second kappa shape index (κ2) is 11.1. The van der Waals surface area contributed by atoms with E-state index >= 15 is 0 Å². The van der Waals surface area contributed by atoms with E-state index in [0.29, 0.717) is 23.5 Å². The average Bonchev–Trinajstić information content (AvgIpc) is 2.76. The minimum absolute atomic E-state index is 0.174. The summed E-state index contributed by atoms with van der Waals surface area (Å²) < 4.78 is 6.14. The molecule has 31 heavy (non-hydrogen) atoms. The molecule has 1 heterocycles. The number of nitrogens with one attached hydrogen (secondary N) is 3. The number of morpholine rings is 1. The molecule has 0 aliphatic carbocycles. The first kappa shape index (κ1) is 23.1. The van der Waals surface area contributed by atoms with Gasteiger partial charge < -0.3 is 25.6 Å². The van der Waals surface area contributed by atoms with Crippen LogP contribution >= 0.6 is 15.9 Å². The predicted octanol–water partition coefficient (Wildman–Crippen LogP) is 3.22. The van der Waals surface area contributed by atoms with Gasteiger partial charge in [-0.25, -0.2) is 4.79 Å². The molecule has 2 aromatic carbocycles. The summed E-state index contributed by atoms with van der Waals surface area (Å²) in [6, 6.07) is 12.3. The lowest BCUT2D eigenvalue weighted by Gasteiger charge is -2.26. The van der Waals surface area contributed by atoms with Crippen molar-refractivity contribution in [3.05, 3.63) is 52.5 Å². The molecule has 0 bridgehead atoms. The zero-order valence-electron chi connectivity index (χ0n) is 17.8. The number of rotatable bonds is 7. The maximum absolute atomic E-state index is 12.9. The highest BCUT2D eigenvalue weighted by Crippen LogP contribution is 2.24. The number of amides is 3. The van der Waals surface area contributed by atoms with Crippen molar-refractivity contribution in [3.63, 3.8) is 0 Å². The lowest BCUT2D eigenvalue weighted by molar-refractivity contribution is 0.0383. The number of anilines is 3. The molecule has 1 aliphatic heterocycles. The van der Waals surface area contributed by atoms with E-state index in [1.165, 1.54) is 0 Å². The van der Waals surface area contributed by atoms with Crippen molar-refractivity contribution in [1.29, 1.82) is 0 Å². The molecular weight excluding hydrogens is 462 g/mol. The lowest BCUT2D eigenvalue weighted by Crippen LogP contribution is -2.41. The first-order chi connectivity index (χ1) is 14.9. The maximum Gasteiger partial charge on any atom is 0.323 e. The molecule has 9 heteroatoms. The number of halogens is 1. The zero-order chi connectivity index (χ0) is 22.2. The van der Waals surface area contributed by atoms with Crippen LogP contribution in [0.5, 0.6) is 0 Å². The molecule has 0 radical (unpaired) electrons. The molecule has 0 saturated carbocycles. The summed E-state index contributed by atoms with van der Waals surface area (Å²) in [5.41, 5.74) is 2.48. The van der Waals surface area contributed by atoms with Gasteiger partial charge in [-0.3, -0.25) is 9.69 Å². The van der Waals surface area contributed by atoms with Crippen LogP contribution in [0.2, 0.25) is 0 Å². The van der Waals surface area contributed by atoms with Crippen molar-refractivity contribution >= 4 is 44.9 Å². The SMILES string of the molecule is CN(C)c1ccc(NC(=O)Nc2ccccc2Br)cc1C(=O)NCCN1CCOCC1. The summed E-state index contributed by atoms with van der Waals surface area (Å²) in [7, 11) is 3.76. The Balaban J connectivity index is 1.64. The van der Waals surface area contributed by atoms with E-state index in [1.807, 2.05) is 43.3 Å². The van der Waals surface area contributed by atoms with Gasteiger partial charge in [-0.1, -0.05) is 12.1 Å². The van der Waals surface area contributed by atoms with E-state index < -0.39 is 0 Å². The fourth-order valence-electron chi connectivity index (χ4n) is 3.28. The molecule has 1 saturated heterocycles. The van der Waals surface area contributed by atoms with Crippen molar-refractivity contribution in [2.75, 3.05) is 69.0 Å². The normalized spacial score (nSPS) is 14.0. The second-order valence-electron chi connectivity index (χ2n) is 7.40. The first-order valence-corrected chi connectivity index (χ1v) is 11.0. The number of hydrogen-bond donors (Lipinski definition) is 3. The number of hydrogen-bond acceptors (Lipinski definition) is 5. The maximum atomic E-state index is 12.9. The van der Waals surface area contributed by atoms with Gasteiger partial charge in [-0.05, 0) is 46.3 Å². The van der Waals surface area contributed by atoms with Crippen LogP contribution in [0.3, 0.4) is 0 Å². The third-order valence-corrected chi connectivity index (χ3v) is 5.61. The van der Waals surface area contributed by atoms with Crippen LogP contribution in [0.15, 0.2) is 46.9 Å². The number of carbonyl (C=O) groups excluding carboxylic acids is 2. The van der Waals surface area contributed by atoms with Crippen LogP contribution in [0.1, 0.15) is 10.4 Å². The topological polar surface area (TPSA) is 85.9 Å². The summed E-state index contributed by atoms with van der Waals surface area (Å²) in [6.45, 7) is 4.54.